The third kappa shape index (κ3) is 3.31. The molecule has 0 radical (unpaired) electrons. The molecule has 174 valence electrons. The van der Waals surface area contributed by atoms with Crippen LogP contribution in [0, 0.1) is 17.6 Å². The van der Waals surface area contributed by atoms with Gasteiger partial charge in [0, 0.05) is 31.1 Å². The fourth-order valence-corrected chi connectivity index (χ4v) is 5.18. The normalized spacial score (nSPS) is 23.5. The Bertz CT molecular complexity index is 1210. The predicted octanol–water partition coefficient (Wildman–Crippen LogP) is 1.81. The minimum absolute atomic E-state index is 0.0413. The number of carbonyl (C=O) groups is 2. The highest BCUT2D eigenvalue weighted by Gasteiger charge is 2.52. The first-order chi connectivity index (χ1) is 15.8. The average Bonchev–Trinajstić information content (AvgIpc) is 3.36. The molecule has 4 heterocycles. The average molecular weight is 459 g/mol. The lowest BCUT2D eigenvalue weighted by molar-refractivity contribution is 0.0568. The summed E-state index contributed by atoms with van der Waals surface area (Å²) in [7, 11) is 0. The Labute approximate surface area is 187 Å². The van der Waals surface area contributed by atoms with Gasteiger partial charge in [-0.05, 0) is 31.4 Å². The van der Waals surface area contributed by atoms with Crippen molar-refractivity contribution >= 4 is 11.7 Å². The molecule has 1 aromatic carbocycles. The van der Waals surface area contributed by atoms with Gasteiger partial charge in [0.2, 0.25) is 5.43 Å². The van der Waals surface area contributed by atoms with Crippen molar-refractivity contribution in [1.82, 2.24) is 9.58 Å². The third-order valence-electron chi connectivity index (χ3n) is 6.84. The summed E-state index contributed by atoms with van der Waals surface area (Å²) in [5, 5.41) is 12.6. The van der Waals surface area contributed by atoms with Crippen LogP contribution in [0.15, 0.2) is 29.2 Å². The number of pyridine rings is 1. The number of ether oxygens (including phenoxy) is 1. The lowest BCUT2D eigenvalue weighted by Crippen LogP contribution is -2.61. The van der Waals surface area contributed by atoms with E-state index in [0.717, 1.165) is 12.1 Å². The van der Waals surface area contributed by atoms with Gasteiger partial charge in [0.1, 0.15) is 17.8 Å². The van der Waals surface area contributed by atoms with E-state index in [0.29, 0.717) is 26.2 Å². The molecule has 2 saturated heterocycles. The summed E-state index contributed by atoms with van der Waals surface area (Å²) in [5.41, 5.74) is -1.25. The molecule has 33 heavy (non-hydrogen) atoms. The van der Waals surface area contributed by atoms with Gasteiger partial charge in [-0.2, -0.15) is 0 Å². The summed E-state index contributed by atoms with van der Waals surface area (Å²) in [4.78, 5) is 40.5. The molecular formula is C23H23F2N3O5. The molecule has 1 N–H and O–H groups in total. The van der Waals surface area contributed by atoms with Crippen LogP contribution in [0.3, 0.4) is 0 Å². The molecule has 1 amide bonds. The molecule has 0 unspecified atom stereocenters. The number of Topliss-reactive ketones (excluding diaryl/α,β-unsaturated/α-hetero) is 1. The molecule has 0 spiro atoms. The van der Waals surface area contributed by atoms with Crippen molar-refractivity contribution in [2.75, 3.05) is 24.8 Å². The summed E-state index contributed by atoms with van der Waals surface area (Å²) in [6.07, 6.45) is 1.46. The molecule has 0 bridgehead atoms. The molecule has 3 aliphatic rings. The summed E-state index contributed by atoms with van der Waals surface area (Å²) >= 11 is 0. The molecule has 2 fully saturated rings. The maximum Gasteiger partial charge on any atom is 0.278 e. The number of hydrogen-bond acceptors (Lipinski definition) is 6. The van der Waals surface area contributed by atoms with Gasteiger partial charge in [0.15, 0.2) is 17.2 Å². The number of benzene rings is 1. The number of carbonyl (C=O) groups excluding carboxylic acids is 2. The summed E-state index contributed by atoms with van der Waals surface area (Å²) < 4.78 is 34.1. The van der Waals surface area contributed by atoms with Crippen molar-refractivity contribution in [3.05, 3.63) is 63.1 Å². The van der Waals surface area contributed by atoms with Crippen LogP contribution in [-0.4, -0.2) is 58.3 Å². The van der Waals surface area contributed by atoms with Crippen LogP contribution in [0.1, 0.15) is 46.2 Å². The van der Waals surface area contributed by atoms with E-state index in [1.54, 1.807) is 4.90 Å². The molecule has 5 rings (SSSR count). The number of aryl methyl sites for hydroxylation is 1. The standard InChI is InChI=1S/C23H23F2N3O5/c1-2-26-19-7-13-10-33-11-17(13)28(19)27-9-15(21(30)22(31)20(27)23(26)32)18(29)6-4-12-3-5-14(24)8-16(12)25/h3,5,8-9,13,17,19,31H,2,4,6-7,10-11H2,1H3/t13-,17+,19+/m1/s1. The van der Waals surface area contributed by atoms with Crippen molar-refractivity contribution in [3.8, 4) is 5.75 Å². The van der Waals surface area contributed by atoms with Crippen LogP contribution in [0.5, 0.6) is 5.75 Å². The Morgan fingerprint density at radius 1 is 1.24 bits per heavy atom. The van der Waals surface area contributed by atoms with Crippen LogP contribution < -0.4 is 10.4 Å². The fourth-order valence-electron chi connectivity index (χ4n) is 5.18. The van der Waals surface area contributed by atoms with Gasteiger partial charge in [0.25, 0.3) is 5.91 Å². The van der Waals surface area contributed by atoms with Crippen LogP contribution in [-0.2, 0) is 11.2 Å². The number of rotatable bonds is 5. The molecule has 3 atom stereocenters. The monoisotopic (exact) mass is 459 g/mol. The van der Waals surface area contributed by atoms with E-state index in [1.165, 1.54) is 16.9 Å². The zero-order chi connectivity index (χ0) is 23.4. The lowest BCUT2D eigenvalue weighted by Gasteiger charge is -2.44. The number of ketones is 1. The molecule has 0 saturated carbocycles. The maximum atomic E-state index is 13.9. The molecule has 0 aliphatic carbocycles. The van der Waals surface area contributed by atoms with E-state index in [1.807, 2.05) is 11.9 Å². The Morgan fingerprint density at radius 3 is 2.76 bits per heavy atom. The second-order valence-corrected chi connectivity index (χ2v) is 8.62. The van der Waals surface area contributed by atoms with Crippen molar-refractivity contribution < 1.29 is 28.2 Å². The first kappa shape index (κ1) is 21.6. The molecule has 3 aliphatic heterocycles. The van der Waals surface area contributed by atoms with Gasteiger partial charge in [-0.3, -0.25) is 24.1 Å². The summed E-state index contributed by atoms with van der Waals surface area (Å²) in [6, 6.07) is 3.02. The van der Waals surface area contributed by atoms with Crippen molar-refractivity contribution in [3.63, 3.8) is 0 Å². The zero-order valence-corrected chi connectivity index (χ0v) is 18.0. The molecule has 8 nitrogen and oxygen atoms in total. The van der Waals surface area contributed by atoms with Gasteiger partial charge in [0.05, 0.1) is 24.8 Å². The highest BCUT2D eigenvalue weighted by Crippen LogP contribution is 2.39. The third-order valence-corrected chi connectivity index (χ3v) is 6.84. The molecule has 1 aromatic heterocycles. The minimum atomic E-state index is -0.938. The van der Waals surface area contributed by atoms with Crippen molar-refractivity contribution in [1.29, 1.82) is 0 Å². The number of nitrogens with zero attached hydrogens (tertiary/aromatic N) is 3. The maximum absolute atomic E-state index is 13.9. The van der Waals surface area contributed by atoms with E-state index in [-0.39, 0.29) is 47.8 Å². The Morgan fingerprint density at radius 2 is 2.03 bits per heavy atom. The molecular weight excluding hydrogens is 436 g/mol. The first-order valence-corrected chi connectivity index (χ1v) is 10.9. The van der Waals surface area contributed by atoms with E-state index < -0.39 is 34.5 Å². The number of fused-ring (bicyclic) bond motifs is 5. The fraction of sp³-hybridized carbons (Fsp3) is 0.435. The molecule has 2 aromatic rings. The van der Waals surface area contributed by atoms with Gasteiger partial charge >= 0.3 is 0 Å². The Balaban J connectivity index is 1.52. The van der Waals surface area contributed by atoms with Crippen LogP contribution in [0.4, 0.5) is 8.78 Å². The van der Waals surface area contributed by atoms with Gasteiger partial charge < -0.3 is 14.7 Å². The van der Waals surface area contributed by atoms with E-state index in [4.69, 9.17) is 4.74 Å². The first-order valence-electron chi connectivity index (χ1n) is 10.9. The smallest absolute Gasteiger partial charge is 0.278 e. The quantitative estimate of drug-likeness (QED) is 0.686. The second-order valence-electron chi connectivity index (χ2n) is 8.62. The number of amides is 1. The summed E-state index contributed by atoms with van der Waals surface area (Å²) in [6.45, 7) is 3.22. The predicted molar refractivity (Wildman–Crippen MR) is 113 cm³/mol. The molecule has 10 heteroatoms. The number of aromatic hydroxyl groups is 1. The Kier molecular flexibility index (Phi) is 5.19. The van der Waals surface area contributed by atoms with Crippen LogP contribution in [0.2, 0.25) is 0 Å². The van der Waals surface area contributed by atoms with E-state index in [9.17, 15) is 28.3 Å². The van der Waals surface area contributed by atoms with Gasteiger partial charge in [-0.25, -0.2) is 8.78 Å². The van der Waals surface area contributed by atoms with Crippen molar-refractivity contribution in [2.24, 2.45) is 5.92 Å². The minimum Gasteiger partial charge on any atom is -0.502 e. The Hall–Kier alpha value is -3.27. The second kappa shape index (κ2) is 7.95. The number of halogens is 2. The van der Waals surface area contributed by atoms with Crippen LogP contribution in [0.25, 0.3) is 0 Å². The highest BCUT2D eigenvalue weighted by molar-refractivity contribution is 6.00. The van der Waals surface area contributed by atoms with E-state index >= 15 is 0 Å². The van der Waals surface area contributed by atoms with Crippen LogP contribution >= 0.6 is 0 Å². The zero-order valence-electron chi connectivity index (χ0n) is 18.0. The van der Waals surface area contributed by atoms with E-state index in [2.05, 4.69) is 0 Å². The largest absolute Gasteiger partial charge is 0.502 e. The van der Waals surface area contributed by atoms with Gasteiger partial charge in [-0.15, -0.1) is 0 Å². The lowest BCUT2D eigenvalue weighted by atomic mass is 10.0. The highest BCUT2D eigenvalue weighted by atomic mass is 19.1. The number of aromatic nitrogens is 1. The SMILES string of the molecule is CCN1C(=O)c2c(O)c(=O)c(C(=O)CCc3ccc(F)cc3F)cn2N2[C@H]3COC[C@H]3C[C@@H]12. The van der Waals surface area contributed by atoms with Crippen molar-refractivity contribution in [2.45, 2.75) is 38.4 Å². The number of hydrogen-bond donors (Lipinski definition) is 1. The topological polar surface area (TPSA) is 92.1 Å². The summed E-state index contributed by atoms with van der Waals surface area (Å²) in [5.74, 6) is -3.16. The van der Waals surface area contributed by atoms with Gasteiger partial charge in [-0.1, -0.05) is 6.07 Å².